The lowest BCUT2D eigenvalue weighted by Gasteiger charge is -2.33. The van der Waals surface area contributed by atoms with Crippen molar-refractivity contribution in [2.45, 2.75) is 34.1 Å². The molecular formula is C13H21N4+. The first-order chi connectivity index (χ1) is 8.14. The summed E-state index contributed by atoms with van der Waals surface area (Å²) in [5.74, 6) is 2.13. The molecule has 1 unspecified atom stereocenters. The van der Waals surface area contributed by atoms with Gasteiger partial charge in [-0.05, 0) is 20.3 Å². The largest absolute Gasteiger partial charge is 0.338 e. The highest BCUT2D eigenvalue weighted by molar-refractivity contribution is 5.84. The molecule has 1 aliphatic rings. The van der Waals surface area contributed by atoms with Crippen LogP contribution in [0.2, 0.25) is 0 Å². The van der Waals surface area contributed by atoms with Crippen molar-refractivity contribution in [1.82, 2.24) is 9.97 Å². The van der Waals surface area contributed by atoms with E-state index >= 15 is 0 Å². The molecule has 0 aliphatic carbocycles. The molecular weight excluding hydrogens is 212 g/mol. The molecule has 1 aromatic heterocycles. The predicted molar refractivity (Wildman–Crippen MR) is 70.4 cm³/mol. The first-order valence-electron chi connectivity index (χ1n) is 6.28. The fraction of sp³-hybridized carbons (Fsp3) is 0.538. The third-order valence-corrected chi connectivity index (χ3v) is 3.58. The van der Waals surface area contributed by atoms with Crippen LogP contribution < -0.4 is 0 Å². The van der Waals surface area contributed by atoms with Gasteiger partial charge in [0.15, 0.2) is 5.70 Å². The van der Waals surface area contributed by atoms with Crippen LogP contribution in [-0.2, 0) is 0 Å². The number of hydrogen-bond acceptors (Lipinski definition) is 2. The average molecular weight is 233 g/mol. The number of quaternary nitrogens is 1. The van der Waals surface area contributed by atoms with Gasteiger partial charge < -0.3 is 4.98 Å². The Morgan fingerprint density at radius 3 is 2.59 bits per heavy atom. The van der Waals surface area contributed by atoms with E-state index < -0.39 is 0 Å². The minimum atomic E-state index is 0.859. The Hall–Kier alpha value is -1.42. The molecule has 0 aromatic carbocycles. The summed E-state index contributed by atoms with van der Waals surface area (Å²) < 4.78 is 0.859. The molecule has 2 heterocycles. The highest BCUT2D eigenvalue weighted by Crippen LogP contribution is 2.32. The number of nitrogens with one attached hydrogen (secondary N) is 1. The van der Waals surface area contributed by atoms with Crippen molar-refractivity contribution in [2.75, 3.05) is 13.1 Å². The van der Waals surface area contributed by atoms with E-state index in [0.29, 0.717) is 0 Å². The van der Waals surface area contributed by atoms with E-state index in [4.69, 9.17) is 0 Å². The number of hydrogen-bond donors (Lipinski definition) is 1. The van der Waals surface area contributed by atoms with Crippen molar-refractivity contribution in [3.63, 3.8) is 0 Å². The molecule has 1 aromatic rings. The smallest absolute Gasteiger partial charge is 0.204 e. The fourth-order valence-corrected chi connectivity index (χ4v) is 2.62. The van der Waals surface area contributed by atoms with E-state index in [1.807, 2.05) is 19.3 Å². The van der Waals surface area contributed by atoms with Crippen LogP contribution in [0.1, 0.15) is 38.7 Å². The lowest BCUT2D eigenvalue weighted by molar-refractivity contribution is -0.764. The second-order valence-corrected chi connectivity index (χ2v) is 4.58. The van der Waals surface area contributed by atoms with Crippen LogP contribution in [0.25, 0.3) is 5.70 Å². The average Bonchev–Trinajstić information content (AvgIpc) is 2.85. The van der Waals surface area contributed by atoms with Crippen molar-refractivity contribution in [3.8, 4) is 0 Å². The van der Waals surface area contributed by atoms with E-state index in [-0.39, 0.29) is 0 Å². The minimum Gasteiger partial charge on any atom is -0.338 e. The maximum absolute atomic E-state index is 4.53. The molecule has 0 radical (unpaired) electrons. The predicted octanol–water partition coefficient (Wildman–Crippen LogP) is 2.70. The minimum absolute atomic E-state index is 0.859. The normalized spacial score (nSPS) is 23.8. The summed E-state index contributed by atoms with van der Waals surface area (Å²) in [6.45, 7) is 10.7. The summed E-state index contributed by atoms with van der Waals surface area (Å²) in [4.78, 5) is 12.1. The zero-order valence-corrected chi connectivity index (χ0v) is 11.1. The molecule has 4 heteroatoms. The Morgan fingerprint density at radius 1 is 1.29 bits per heavy atom. The fourth-order valence-electron chi connectivity index (χ4n) is 2.62. The van der Waals surface area contributed by atoms with Gasteiger partial charge in [-0.25, -0.2) is 14.5 Å². The molecule has 2 rings (SSSR count). The first-order valence-corrected chi connectivity index (χ1v) is 6.28. The highest BCUT2D eigenvalue weighted by Gasteiger charge is 2.39. The van der Waals surface area contributed by atoms with E-state index in [2.05, 4.69) is 35.7 Å². The van der Waals surface area contributed by atoms with Crippen molar-refractivity contribution >= 4 is 11.5 Å². The number of aromatic amines is 1. The van der Waals surface area contributed by atoms with Gasteiger partial charge >= 0.3 is 0 Å². The number of aliphatic imine (C=N–C) groups is 1. The third kappa shape index (κ3) is 1.82. The Balaban J connectivity index is 2.41. The molecule has 0 saturated heterocycles. The van der Waals surface area contributed by atoms with Gasteiger partial charge in [0.1, 0.15) is 11.5 Å². The molecule has 17 heavy (non-hydrogen) atoms. The van der Waals surface area contributed by atoms with Crippen LogP contribution in [0.5, 0.6) is 0 Å². The van der Waals surface area contributed by atoms with Crippen molar-refractivity contribution < 1.29 is 4.48 Å². The molecule has 1 atom stereocenters. The molecule has 92 valence electrons. The molecule has 1 N–H and O–H groups in total. The van der Waals surface area contributed by atoms with Gasteiger partial charge in [0.05, 0.1) is 25.5 Å². The molecule has 4 nitrogen and oxygen atoms in total. The summed E-state index contributed by atoms with van der Waals surface area (Å²) >= 11 is 0. The Morgan fingerprint density at radius 2 is 2.06 bits per heavy atom. The number of imidazole rings is 1. The topological polar surface area (TPSA) is 41.0 Å². The van der Waals surface area contributed by atoms with E-state index in [1.54, 1.807) is 0 Å². The number of aromatic nitrogens is 2. The maximum Gasteiger partial charge on any atom is 0.204 e. The van der Waals surface area contributed by atoms with Crippen LogP contribution >= 0.6 is 0 Å². The van der Waals surface area contributed by atoms with Gasteiger partial charge in [-0.3, -0.25) is 0 Å². The van der Waals surface area contributed by atoms with Gasteiger partial charge in [0.2, 0.25) is 5.84 Å². The molecule has 0 amide bonds. The number of H-pyrrole nitrogens is 1. The zero-order valence-electron chi connectivity index (χ0n) is 11.1. The Bertz CT molecular complexity index is 470. The lowest BCUT2D eigenvalue weighted by atomic mass is 10.2. The zero-order chi connectivity index (χ0) is 12.5. The monoisotopic (exact) mass is 233 g/mol. The second-order valence-electron chi connectivity index (χ2n) is 4.58. The lowest BCUT2D eigenvalue weighted by Crippen LogP contribution is -2.48. The third-order valence-electron chi connectivity index (χ3n) is 3.58. The van der Waals surface area contributed by atoms with Gasteiger partial charge in [-0.1, -0.05) is 6.92 Å². The van der Waals surface area contributed by atoms with Crippen LogP contribution in [0.15, 0.2) is 17.4 Å². The number of amidine groups is 1. The summed E-state index contributed by atoms with van der Waals surface area (Å²) in [5, 5.41) is 0. The second kappa shape index (κ2) is 4.45. The SMILES string of the molecule is CCC[N+]1(CC)C(c2cnc(C)[nH]2)=CN=C1C. The molecule has 0 bridgehead atoms. The highest BCUT2D eigenvalue weighted by atomic mass is 15.4. The van der Waals surface area contributed by atoms with Crippen molar-refractivity contribution in [1.29, 1.82) is 0 Å². The Labute approximate surface area is 103 Å². The molecule has 0 spiro atoms. The van der Waals surface area contributed by atoms with Crippen LogP contribution in [0.3, 0.4) is 0 Å². The number of rotatable bonds is 4. The van der Waals surface area contributed by atoms with E-state index in [1.165, 1.54) is 11.5 Å². The Kier molecular flexibility index (Phi) is 3.15. The summed E-state index contributed by atoms with van der Waals surface area (Å²) in [5.41, 5.74) is 2.34. The van der Waals surface area contributed by atoms with Crippen LogP contribution in [0, 0.1) is 6.92 Å². The maximum atomic E-state index is 4.53. The molecule has 0 fully saturated rings. The van der Waals surface area contributed by atoms with Crippen LogP contribution in [0.4, 0.5) is 0 Å². The van der Waals surface area contributed by atoms with E-state index in [9.17, 15) is 0 Å². The number of nitrogens with zero attached hydrogens (tertiary/aromatic N) is 3. The van der Waals surface area contributed by atoms with Gasteiger partial charge in [-0.2, -0.15) is 0 Å². The van der Waals surface area contributed by atoms with E-state index in [0.717, 1.165) is 35.5 Å². The molecule has 0 saturated carbocycles. The van der Waals surface area contributed by atoms with Gasteiger partial charge in [-0.15, -0.1) is 0 Å². The molecule has 1 aliphatic heterocycles. The van der Waals surface area contributed by atoms with Gasteiger partial charge in [0.25, 0.3) is 0 Å². The summed E-state index contributed by atoms with van der Waals surface area (Å²) in [7, 11) is 0. The summed E-state index contributed by atoms with van der Waals surface area (Å²) in [6.07, 6.45) is 5.04. The van der Waals surface area contributed by atoms with Crippen molar-refractivity contribution in [3.05, 3.63) is 23.9 Å². The van der Waals surface area contributed by atoms with Crippen LogP contribution in [-0.4, -0.2) is 33.4 Å². The first kappa shape index (κ1) is 12.0. The standard InChI is InChI=1S/C13H21N4/c1-5-7-17(6-2)11(4)15-9-13(17)12-8-14-10(3)16-12/h8-9H,5-7H2,1-4H3,(H,14,16)/q+1. The van der Waals surface area contributed by atoms with Gasteiger partial charge in [0, 0.05) is 6.92 Å². The van der Waals surface area contributed by atoms with Crippen molar-refractivity contribution in [2.24, 2.45) is 4.99 Å². The quantitative estimate of drug-likeness (QED) is 0.798. The number of aryl methyl sites for hydroxylation is 1. The summed E-state index contributed by atoms with van der Waals surface area (Å²) in [6, 6.07) is 0.